The second-order valence-corrected chi connectivity index (χ2v) is 13.6. The van der Waals surface area contributed by atoms with Gasteiger partial charge < -0.3 is 9.47 Å². The number of rotatable bonds is 35. The minimum atomic E-state index is -0.306. The van der Waals surface area contributed by atoms with E-state index in [1.165, 1.54) is 116 Å². The molecule has 0 aliphatic carbocycles. The Kier molecular flexibility index (Phi) is 34.0. The molecular formula is C40H78O4. The summed E-state index contributed by atoms with van der Waals surface area (Å²) in [5, 5.41) is 0. The van der Waals surface area contributed by atoms with Gasteiger partial charge in [0.2, 0.25) is 0 Å². The zero-order chi connectivity index (χ0) is 32.4. The molecule has 2 atom stereocenters. The highest BCUT2D eigenvalue weighted by Gasteiger charge is 2.28. The fourth-order valence-corrected chi connectivity index (χ4v) is 6.16. The van der Waals surface area contributed by atoms with Crippen molar-refractivity contribution in [1.29, 1.82) is 0 Å². The van der Waals surface area contributed by atoms with Gasteiger partial charge in [-0.2, -0.15) is 0 Å². The molecule has 0 N–H and O–H groups in total. The van der Waals surface area contributed by atoms with Gasteiger partial charge in [0, 0.05) is 12.8 Å². The van der Waals surface area contributed by atoms with E-state index < -0.39 is 0 Å². The van der Waals surface area contributed by atoms with Crippen LogP contribution in [0.3, 0.4) is 0 Å². The average molecular weight is 623 g/mol. The summed E-state index contributed by atoms with van der Waals surface area (Å²) in [5.74, 6) is -0.214. The van der Waals surface area contributed by atoms with Crippen LogP contribution in [0.15, 0.2) is 0 Å². The Labute approximate surface area is 276 Å². The van der Waals surface area contributed by atoms with Crippen LogP contribution in [-0.4, -0.2) is 24.1 Å². The van der Waals surface area contributed by atoms with E-state index in [0.717, 1.165) is 77.0 Å². The topological polar surface area (TPSA) is 52.6 Å². The predicted molar refractivity (Wildman–Crippen MR) is 190 cm³/mol. The lowest BCUT2D eigenvalue weighted by atomic mass is 10.00. The standard InChI is InChI=1S/C40H78O4/c1-5-9-13-15-17-19-21-23-25-27-31-35-39(41)43-37(33-29-11-7-3)38(34-30-12-8-4)44-40(42)36-32-28-26-24-22-20-18-16-14-10-6-2/h37-38H,5-36H2,1-4H3. The van der Waals surface area contributed by atoms with E-state index in [1.54, 1.807) is 0 Å². The zero-order valence-corrected chi connectivity index (χ0v) is 30.4. The van der Waals surface area contributed by atoms with Crippen LogP contribution >= 0.6 is 0 Å². The second kappa shape index (κ2) is 34.8. The van der Waals surface area contributed by atoms with Gasteiger partial charge in [-0.3, -0.25) is 9.59 Å². The third kappa shape index (κ3) is 29.6. The maximum Gasteiger partial charge on any atom is 0.306 e. The molecule has 0 saturated heterocycles. The molecule has 0 aliphatic heterocycles. The minimum Gasteiger partial charge on any atom is -0.458 e. The summed E-state index contributed by atoms with van der Waals surface area (Å²) < 4.78 is 12.2. The molecule has 0 amide bonds. The highest BCUT2D eigenvalue weighted by atomic mass is 16.6. The van der Waals surface area contributed by atoms with Crippen molar-refractivity contribution in [2.24, 2.45) is 0 Å². The Morgan fingerprint density at radius 1 is 0.341 bits per heavy atom. The van der Waals surface area contributed by atoms with Gasteiger partial charge >= 0.3 is 11.9 Å². The van der Waals surface area contributed by atoms with Crippen molar-refractivity contribution in [2.45, 2.75) is 245 Å². The molecular weight excluding hydrogens is 544 g/mol. The molecule has 0 aliphatic rings. The van der Waals surface area contributed by atoms with Gasteiger partial charge in [-0.15, -0.1) is 0 Å². The second-order valence-electron chi connectivity index (χ2n) is 13.6. The molecule has 262 valence electrons. The van der Waals surface area contributed by atoms with Crippen molar-refractivity contribution in [1.82, 2.24) is 0 Å². The van der Waals surface area contributed by atoms with Crippen LogP contribution in [-0.2, 0) is 19.1 Å². The summed E-state index contributed by atoms with van der Waals surface area (Å²) in [7, 11) is 0. The summed E-state index contributed by atoms with van der Waals surface area (Å²) in [6.07, 6.45) is 36.4. The third-order valence-electron chi connectivity index (χ3n) is 9.13. The molecule has 0 saturated carbocycles. The van der Waals surface area contributed by atoms with E-state index in [4.69, 9.17) is 9.47 Å². The van der Waals surface area contributed by atoms with Gasteiger partial charge in [0.25, 0.3) is 0 Å². The summed E-state index contributed by atoms with van der Waals surface area (Å²) >= 11 is 0. The molecule has 0 aromatic rings. The third-order valence-corrected chi connectivity index (χ3v) is 9.13. The van der Waals surface area contributed by atoms with Crippen molar-refractivity contribution in [2.75, 3.05) is 0 Å². The van der Waals surface area contributed by atoms with E-state index in [2.05, 4.69) is 27.7 Å². The van der Waals surface area contributed by atoms with Crippen LogP contribution in [0.2, 0.25) is 0 Å². The molecule has 0 fully saturated rings. The molecule has 2 unspecified atom stereocenters. The van der Waals surface area contributed by atoms with Crippen molar-refractivity contribution in [3.8, 4) is 0 Å². The van der Waals surface area contributed by atoms with Gasteiger partial charge in [-0.25, -0.2) is 0 Å². The van der Waals surface area contributed by atoms with Gasteiger partial charge in [-0.1, -0.05) is 182 Å². The fourth-order valence-electron chi connectivity index (χ4n) is 6.16. The number of hydrogen-bond acceptors (Lipinski definition) is 4. The van der Waals surface area contributed by atoms with Crippen molar-refractivity contribution >= 4 is 11.9 Å². The van der Waals surface area contributed by atoms with Gasteiger partial charge in [0.1, 0.15) is 12.2 Å². The number of unbranched alkanes of at least 4 members (excludes halogenated alkanes) is 24. The fraction of sp³-hybridized carbons (Fsp3) is 0.950. The van der Waals surface area contributed by atoms with Gasteiger partial charge in [0.05, 0.1) is 0 Å². The Bertz CT molecular complexity index is 552. The summed E-state index contributed by atoms with van der Waals surface area (Å²) in [6, 6.07) is 0. The first-order chi connectivity index (χ1) is 21.6. The van der Waals surface area contributed by atoms with Crippen LogP contribution in [0.1, 0.15) is 233 Å². The predicted octanol–water partition coefficient (Wildman–Crippen LogP) is 13.4. The van der Waals surface area contributed by atoms with E-state index in [9.17, 15) is 9.59 Å². The van der Waals surface area contributed by atoms with Gasteiger partial charge in [0.15, 0.2) is 0 Å². The molecule has 0 heterocycles. The number of carbonyl (C=O) groups is 2. The molecule has 4 nitrogen and oxygen atoms in total. The molecule has 44 heavy (non-hydrogen) atoms. The maximum absolute atomic E-state index is 12.9. The zero-order valence-electron chi connectivity index (χ0n) is 30.4. The molecule has 0 radical (unpaired) electrons. The maximum atomic E-state index is 12.9. The number of carbonyl (C=O) groups excluding carboxylic acids is 2. The number of esters is 2. The van der Waals surface area contributed by atoms with Crippen molar-refractivity contribution < 1.29 is 19.1 Å². The molecule has 4 heteroatoms. The minimum absolute atomic E-state index is 0.107. The molecule has 0 rings (SSSR count). The monoisotopic (exact) mass is 623 g/mol. The SMILES string of the molecule is CCCCCCCCCCCCCC(=O)OC(CCCCC)C(CCCCC)OC(=O)CCCCCCCCCCCCC. The molecule has 0 aromatic heterocycles. The summed E-state index contributed by atoms with van der Waals surface area (Å²) in [6.45, 7) is 8.92. The number of hydrogen-bond donors (Lipinski definition) is 0. The number of ether oxygens (including phenoxy) is 2. The van der Waals surface area contributed by atoms with Crippen LogP contribution < -0.4 is 0 Å². The lowest BCUT2D eigenvalue weighted by molar-refractivity contribution is -0.169. The van der Waals surface area contributed by atoms with Crippen LogP contribution in [0.5, 0.6) is 0 Å². The highest BCUT2D eigenvalue weighted by Crippen LogP contribution is 2.22. The van der Waals surface area contributed by atoms with Crippen LogP contribution in [0, 0.1) is 0 Å². The quantitative estimate of drug-likeness (QED) is 0.0521. The molecule has 0 aromatic carbocycles. The Balaban J connectivity index is 4.50. The molecule has 0 spiro atoms. The smallest absolute Gasteiger partial charge is 0.306 e. The lowest BCUT2D eigenvalue weighted by Gasteiger charge is -2.27. The summed E-state index contributed by atoms with van der Waals surface area (Å²) in [5.41, 5.74) is 0. The van der Waals surface area contributed by atoms with E-state index in [-0.39, 0.29) is 24.1 Å². The van der Waals surface area contributed by atoms with E-state index in [0.29, 0.717) is 12.8 Å². The largest absolute Gasteiger partial charge is 0.458 e. The molecule has 0 bridgehead atoms. The van der Waals surface area contributed by atoms with E-state index >= 15 is 0 Å². The van der Waals surface area contributed by atoms with Crippen LogP contribution in [0.4, 0.5) is 0 Å². The van der Waals surface area contributed by atoms with Crippen LogP contribution in [0.25, 0.3) is 0 Å². The Hall–Kier alpha value is -1.06. The van der Waals surface area contributed by atoms with E-state index in [1.807, 2.05) is 0 Å². The normalized spacial score (nSPS) is 12.7. The summed E-state index contributed by atoms with van der Waals surface area (Å²) in [4.78, 5) is 25.8. The van der Waals surface area contributed by atoms with Gasteiger partial charge in [-0.05, 0) is 38.5 Å². The highest BCUT2D eigenvalue weighted by molar-refractivity contribution is 5.70. The Morgan fingerprint density at radius 3 is 0.841 bits per heavy atom. The first-order valence-corrected chi connectivity index (χ1v) is 20.0. The first kappa shape index (κ1) is 42.9. The first-order valence-electron chi connectivity index (χ1n) is 20.0. The lowest BCUT2D eigenvalue weighted by Crippen LogP contribution is -2.35. The Morgan fingerprint density at radius 2 is 0.568 bits per heavy atom. The van der Waals surface area contributed by atoms with Crippen molar-refractivity contribution in [3.63, 3.8) is 0 Å². The van der Waals surface area contributed by atoms with Crippen molar-refractivity contribution in [3.05, 3.63) is 0 Å². The average Bonchev–Trinajstić information content (AvgIpc) is 3.01.